The van der Waals surface area contributed by atoms with Crippen LogP contribution in [0.3, 0.4) is 0 Å². The van der Waals surface area contributed by atoms with Crippen molar-refractivity contribution < 1.29 is 60.4 Å². The van der Waals surface area contributed by atoms with E-state index in [1.165, 1.54) is 0 Å². The van der Waals surface area contributed by atoms with Crippen LogP contribution in [0.5, 0.6) is 0 Å². The summed E-state index contributed by atoms with van der Waals surface area (Å²) in [6.45, 7) is 0. The summed E-state index contributed by atoms with van der Waals surface area (Å²) in [5.41, 5.74) is 4.94. The molecule has 3 N–H and O–H groups in total. The van der Waals surface area contributed by atoms with Crippen molar-refractivity contribution in [3.8, 4) is 0 Å². The summed E-state index contributed by atoms with van der Waals surface area (Å²) in [7, 11) is 0. The molecule has 0 spiro atoms. The Labute approximate surface area is 95.7 Å². The van der Waals surface area contributed by atoms with Gasteiger partial charge in [0.25, 0.3) is 0 Å². The van der Waals surface area contributed by atoms with E-state index in [2.05, 4.69) is 12.6 Å². The first-order valence-corrected chi connectivity index (χ1v) is 2.41. The number of carbonyl (C=O) groups is 1. The van der Waals surface area contributed by atoms with Crippen molar-refractivity contribution in [1.82, 2.24) is 0 Å². The molecule has 0 heterocycles. The van der Waals surface area contributed by atoms with E-state index in [1.54, 1.807) is 0 Å². The molecule has 1 atom stereocenters. The third-order valence-corrected chi connectivity index (χ3v) is 0.907. The number of carboxylic acid groups (broad SMARTS) is 1. The van der Waals surface area contributed by atoms with E-state index >= 15 is 0 Å². The van der Waals surface area contributed by atoms with E-state index in [0.29, 0.717) is 0 Å². The molecule has 0 aromatic heterocycles. The molecule has 0 saturated heterocycles. The number of carboxylic acids is 1. The first-order chi connectivity index (χ1) is 3.18. The smallest absolute Gasteiger partial charge is 1.00 e. The summed E-state index contributed by atoms with van der Waals surface area (Å²) < 4.78 is 0. The van der Waals surface area contributed by atoms with Gasteiger partial charge in [-0.3, -0.25) is 4.79 Å². The van der Waals surface area contributed by atoms with Crippen LogP contribution in [-0.4, -0.2) is 22.9 Å². The van der Waals surface area contributed by atoms with Gasteiger partial charge in [0.2, 0.25) is 0 Å². The molecular formula is C3H8NNaO2SZn. The van der Waals surface area contributed by atoms with Gasteiger partial charge in [-0.25, -0.2) is 0 Å². The predicted octanol–water partition coefficient (Wildman–Crippen LogP) is -3.56. The Morgan fingerprint density at radius 2 is 2.22 bits per heavy atom. The zero-order chi connectivity index (χ0) is 5.86. The molecule has 9 heavy (non-hydrogen) atoms. The minimum atomic E-state index is -1.00. The molecule has 0 amide bonds. The summed E-state index contributed by atoms with van der Waals surface area (Å²) >= 11 is 3.65. The maximum absolute atomic E-state index is 9.76. The quantitative estimate of drug-likeness (QED) is 0.327. The van der Waals surface area contributed by atoms with Crippen molar-refractivity contribution in [3.63, 3.8) is 0 Å². The van der Waals surface area contributed by atoms with E-state index < -0.39 is 12.0 Å². The number of thiol groups is 1. The average Bonchev–Trinajstić information content (AvgIpc) is 1.65. The fraction of sp³-hybridized carbons (Fsp3) is 0.667. The molecule has 0 saturated carbocycles. The Balaban J connectivity index is -0.0000000600. The van der Waals surface area contributed by atoms with Gasteiger partial charge in [-0.15, -0.1) is 0 Å². The van der Waals surface area contributed by atoms with Crippen LogP contribution in [0.1, 0.15) is 1.43 Å². The third-order valence-electron chi connectivity index (χ3n) is 0.514. The fourth-order valence-corrected chi connectivity index (χ4v) is 0.234. The zero-order valence-electron chi connectivity index (χ0n) is 6.37. The first kappa shape index (κ1) is 16.8. The molecule has 0 aliphatic heterocycles. The van der Waals surface area contributed by atoms with E-state index in [-0.39, 0.29) is 56.2 Å². The summed E-state index contributed by atoms with van der Waals surface area (Å²) in [6, 6.07) is -0.816. The Morgan fingerprint density at radius 1 is 1.89 bits per heavy atom. The molecule has 0 aliphatic rings. The summed E-state index contributed by atoms with van der Waals surface area (Å²) in [5, 5.41) is 8.01. The topological polar surface area (TPSA) is 63.3 Å². The number of hydrogen-bond acceptors (Lipinski definition) is 3. The van der Waals surface area contributed by atoms with Gasteiger partial charge in [0.1, 0.15) is 6.04 Å². The standard InChI is InChI=1S/C3H7NO2S.Na.Zn.H/c4-2(1-7)3(5)6;;;/h2,7H,1,4H2,(H,5,6);;;/q;+1;;-1. The van der Waals surface area contributed by atoms with Gasteiger partial charge in [0, 0.05) is 25.2 Å². The first-order valence-electron chi connectivity index (χ1n) is 1.77. The molecule has 3 nitrogen and oxygen atoms in total. The number of rotatable bonds is 2. The van der Waals surface area contributed by atoms with Crippen LogP contribution < -0.4 is 35.3 Å². The summed E-state index contributed by atoms with van der Waals surface area (Å²) in [5.74, 6) is -0.815. The zero-order valence-corrected chi connectivity index (χ0v) is 11.2. The predicted molar refractivity (Wildman–Crippen MR) is 30.6 cm³/mol. The number of aliphatic carboxylic acids is 1. The summed E-state index contributed by atoms with van der Waals surface area (Å²) in [4.78, 5) is 9.76. The van der Waals surface area contributed by atoms with E-state index in [1.807, 2.05) is 0 Å². The van der Waals surface area contributed by atoms with Crippen LogP contribution in [0.2, 0.25) is 0 Å². The molecular weight excluding hydrogens is 202 g/mol. The third kappa shape index (κ3) is 9.40. The van der Waals surface area contributed by atoms with Crippen LogP contribution in [-0.2, 0) is 24.3 Å². The van der Waals surface area contributed by atoms with E-state index in [0.717, 1.165) is 0 Å². The van der Waals surface area contributed by atoms with Crippen molar-refractivity contribution >= 4 is 18.6 Å². The van der Waals surface area contributed by atoms with Gasteiger partial charge >= 0.3 is 35.5 Å². The van der Waals surface area contributed by atoms with Gasteiger partial charge in [-0.1, -0.05) is 0 Å². The van der Waals surface area contributed by atoms with Crippen molar-refractivity contribution in [3.05, 3.63) is 0 Å². The fourth-order valence-electron chi connectivity index (χ4n) is 0.0781. The molecule has 0 radical (unpaired) electrons. The van der Waals surface area contributed by atoms with Crippen LogP contribution in [0.25, 0.3) is 0 Å². The summed E-state index contributed by atoms with van der Waals surface area (Å²) in [6.07, 6.45) is 0. The second-order valence-corrected chi connectivity index (χ2v) is 1.49. The largest absolute Gasteiger partial charge is 1.00 e. The van der Waals surface area contributed by atoms with Crippen molar-refractivity contribution in [2.75, 3.05) is 5.75 Å². The van der Waals surface area contributed by atoms with Gasteiger partial charge in [0.15, 0.2) is 0 Å². The maximum Gasteiger partial charge on any atom is 1.00 e. The molecule has 0 rings (SSSR count). The Morgan fingerprint density at radius 3 is 2.22 bits per heavy atom. The van der Waals surface area contributed by atoms with Gasteiger partial charge in [0.05, 0.1) is 0 Å². The molecule has 0 fully saturated rings. The molecule has 0 aromatic carbocycles. The van der Waals surface area contributed by atoms with Crippen LogP contribution in [0.15, 0.2) is 0 Å². The number of hydrogen-bond donors (Lipinski definition) is 3. The van der Waals surface area contributed by atoms with Crippen molar-refractivity contribution in [2.45, 2.75) is 6.04 Å². The Bertz CT molecular complexity index is 88.9. The minimum absolute atomic E-state index is 0. The van der Waals surface area contributed by atoms with Crippen LogP contribution in [0.4, 0.5) is 0 Å². The molecule has 0 aromatic rings. The van der Waals surface area contributed by atoms with Crippen LogP contribution in [0, 0.1) is 0 Å². The minimum Gasteiger partial charge on any atom is -1.00 e. The Kier molecular flexibility index (Phi) is 17.5. The van der Waals surface area contributed by atoms with E-state index in [4.69, 9.17) is 10.8 Å². The number of nitrogens with two attached hydrogens (primary N) is 1. The Hall–Kier alpha value is 1.40. The molecule has 0 aliphatic carbocycles. The van der Waals surface area contributed by atoms with Crippen molar-refractivity contribution in [2.24, 2.45) is 5.73 Å². The molecule has 0 bridgehead atoms. The van der Waals surface area contributed by atoms with E-state index in [9.17, 15) is 4.79 Å². The normalized spacial score (nSPS) is 10.4. The second kappa shape index (κ2) is 9.40. The van der Waals surface area contributed by atoms with Gasteiger partial charge < -0.3 is 12.3 Å². The van der Waals surface area contributed by atoms with Gasteiger partial charge in [-0.2, -0.15) is 12.6 Å². The molecule has 6 heteroatoms. The molecule has 1 unspecified atom stereocenters. The van der Waals surface area contributed by atoms with Crippen LogP contribution >= 0.6 is 12.6 Å². The molecule has 46 valence electrons. The van der Waals surface area contributed by atoms with Gasteiger partial charge in [-0.05, 0) is 0 Å². The second-order valence-electron chi connectivity index (χ2n) is 1.13. The maximum atomic E-state index is 9.76. The SMILES string of the molecule is NC(CS)C(=O)O.[H-].[Na+].[Zn]. The van der Waals surface area contributed by atoms with Crippen molar-refractivity contribution in [1.29, 1.82) is 0 Å². The monoisotopic (exact) mass is 209 g/mol. The average molecular weight is 211 g/mol.